The van der Waals surface area contributed by atoms with Gasteiger partial charge >= 0.3 is 0 Å². The fourth-order valence-electron chi connectivity index (χ4n) is 2.82. The number of carbonyl (C=O) groups excluding carboxylic acids is 2. The van der Waals surface area contributed by atoms with Gasteiger partial charge in [0.1, 0.15) is 0 Å². The van der Waals surface area contributed by atoms with Crippen LogP contribution >= 0.6 is 0 Å². The largest absolute Gasteiger partial charge is 0.490 e. The van der Waals surface area contributed by atoms with E-state index in [0.717, 1.165) is 0 Å². The first-order chi connectivity index (χ1) is 14.6. The summed E-state index contributed by atoms with van der Waals surface area (Å²) >= 11 is 0. The van der Waals surface area contributed by atoms with Crippen molar-refractivity contribution in [2.24, 2.45) is 0 Å². The van der Waals surface area contributed by atoms with E-state index in [-0.39, 0.29) is 12.4 Å². The van der Waals surface area contributed by atoms with E-state index in [1.54, 1.807) is 30.3 Å². The van der Waals surface area contributed by atoms with E-state index >= 15 is 0 Å². The zero-order chi connectivity index (χ0) is 21.5. The highest BCUT2D eigenvalue weighted by Crippen LogP contribution is 2.39. The fraction of sp³-hybridized carbons (Fsp3) is 0.333. The fourth-order valence-corrected chi connectivity index (χ4v) is 2.82. The Bertz CT molecular complexity index is 903. The van der Waals surface area contributed by atoms with E-state index < -0.39 is 11.8 Å². The van der Waals surface area contributed by atoms with Gasteiger partial charge in [-0.15, -0.1) is 0 Å². The third-order valence-electron chi connectivity index (χ3n) is 4.10. The molecule has 9 heteroatoms. The summed E-state index contributed by atoms with van der Waals surface area (Å²) in [6.45, 7) is 6.80. The van der Waals surface area contributed by atoms with E-state index in [2.05, 4.69) is 10.9 Å². The van der Waals surface area contributed by atoms with Crippen LogP contribution in [0.15, 0.2) is 30.3 Å². The molecule has 0 aliphatic carbocycles. The quantitative estimate of drug-likeness (QED) is 0.638. The van der Waals surface area contributed by atoms with Crippen molar-refractivity contribution in [3.05, 3.63) is 41.5 Å². The Morgan fingerprint density at radius 1 is 0.800 bits per heavy atom. The summed E-state index contributed by atoms with van der Waals surface area (Å²) in [5.74, 6) is 1.22. The molecule has 0 saturated heterocycles. The Balaban J connectivity index is 1.74. The lowest BCUT2D eigenvalue weighted by atomic mass is 10.1. The van der Waals surface area contributed by atoms with Gasteiger partial charge in [0.05, 0.1) is 19.8 Å². The molecule has 0 spiro atoms. The minimum Gasteiger partial charge on any atom is -0.490 e. The highest BCUT2D eigenvalue weighted by Gasteiger charge is 2.20. The summed E-state index contributed by atoms with van der Waals surface area (Å²) in [5, 5.41) is 0. The number of rotatable bonds is 8. The van der Waals surface area contributed by atoms with Gasteiger partial charge in [-0.1, -0.05) is 0 Å². The number of amides is 2. The van der Waals surface area contributed by atoms with E-state index in [0.29, 0.717) is 54.1 Å². The Hall–Kier alpha value is -3.62. The van der Waals surface area contributed by atoms with Gasteiger partial charge in [0.2, 0.25) is 12.5 Å². The molecule has 0 aromatic heterocycles. The van der Waals surface area contributed by atoms with E-state index in [9.17, 15) is 9.59 Å². The first kappa shape index (κ1) is 21.1. The first-order valence-corrected chi connectivity index (χ1v) is 9.64. The summed E-state index contributed by atoms with van der Waals surface area (Å²) in [5.41, 5.74) is 5.34. The maximum absolute atomic E-state index is 12.6. The van der Waals surface area contributed by atoms with Gasteiger partial charge < -0.3 is 23.7 Å². The van der Waals surface area contributed by atoms with Gasteiger partial charge in [-0.3, -0.25) is 20.4 Å². The molecule has 0 atom stereocenters. The van der Waals surface area contributed by atoms with Crippen LogP contribution in [0, 0.1) is 0 Å². The summed E-state index contributed by atoms with van der Waals surface area (Å²) in [7, 11) is 0. The van der Waals surface area contributed by atoms with Crippen LogP contribution < -0.4 is 34.5 Å². The predicted molar refractivity (Wildman–Crippen MR) is 107 cm³/mol. The van der Waals surface area contributed by atoms with Crippen molar-refractivity contribution in [2.45, 2.75) is 20.8 Å². The van der Waals surface area contributed by atoms with Gasteiger partial charge in [0.15, 0.2) is 23.0 Å². The number of fused-ring (bicyclic) bond motifs is 1. The van der Waals surface area contributed by atoms with Gasteiger partial charge in [-0.05, 0) is 51.1 Å². The Labute approximate surface area is 174 Å². The molecule has 1 heterocycles. The number of ether oxygens (including phenoxy) is 5. The number of nitrogens with one attached hydrogen (secondary N) is 2. The molecule has 2 aromatic carbocycles. The first-order valence-electron chi connectivity index (χ1n) is 9.64. The van der Waals surface area contributed by atoms with E-state index in [4.69, 9.17) is 23.7 Å². The SMILES string of the molecule is CCOc1cc(C(=O)NNC(=O)c2ccc3c(c2)OCO3)cc(OCC)c1OCC. The average molecular weight is 416 g/mol. The molecule has 1 aliphatic heterocycles. The molecule has 2 aromatic rings. The molecular weight excluding hydrogens is 392 g/mol. The van der Waals surface area contributed by atoms with Gasteiger partial charge in [-0.25, -0.2) is 0 Å². The summed E-state index contributed by atoms with van der Waals surface area (Å²) in [4.78, 5) is 25.0. The molecule has 30 heavy (non-hydrogen) atoms. The number of hydrogen-bond donors (Lipinski definition) is 2. The van der Waals surface area contributed by atoms with Crippen LogP contribution in [0.25, 0.3) is 0 Å². The topological polar surface area (TPSA) is 104 Å². The number of carbonyl (C=O) groups is 2. The average Bonchev–Trinajstić information content (AvgIpc) is 3.22. The maximum atomic E-state index is 12.6. The standard InChI is InChI=1S/C21H24N2O7/c1-4-26-17-10-14(11-18(27-5-2)19(17)28-6-3)21(25)23-22-20(24)13-7-8-15-16(9-13)30-12-29-15/h7-11H,4-6,12H2,1-3H3,(H,22,24)(H,23,25). The second kappa shape index (κ2) is 9.73. The second-order valence-corrected chi connectivity index (χ2v) is 6.08. The van der Waals surface area contributed by atoms with Gasteiger partial charge in [0.25, 0.3) is 11.8 Å². The molecule has 2 N–H and O–H groups in total. The van der Waals surface area contributed by atoms with Crippen molar-refractivity contribution in [3.8, 4) is 28.7 Å². The third kappa shape index (κ3) is 4.68. The van der Waals surface area contributed by atoms with Crippen LogP contribution in [0.2, 0.25) is 0 Å². The van der Waals surface area contributed by atoms with Crippen molar-refractivity contribution in [3.63, 3.8) is 0 Å². The second-order valence-electron chi connectivity index (χ2n) is 6.08. The van der Waals surface area contributed by atoms with Crippen LogP contribution in [0.5, 0.6) is 28.7 Å². The number of benzene rings is 2. The van der Waals surface area contributed by atoms with Crippen molar-refractivity contribution in [1.29, 1.82) is 0 Å². The van der Waals surface area contributed by atoms with Crippen LogP contribution in [0.4, 0.5) is 0 Å². The van der Waals surface area contributed by atoms with Crippen LogP contribution in [0.3, 0.4) is 0 Å². The Kier molecular flexibility index (Phi) is 6.84. The molecule has 0 radical (unpaired) electrons. The monoisotopic (exact) mass is 416 g/mol. The molecule has 0 saturated carbocycles. The third-order valence-corrected chi connectivity index (χ3v) is 4.10. The molecule has 0 fully saturated rings. The maximum Gasteiger partial charge on any atom is 0.269 e. The van der Waals surface area contributed by atoms with Gasteiger partial charge in [-0.2, -0.15) is 0 Å². The van der Waals surface area contributed by atoms with Crippen molar-refractivity contribution < 1.29 is 33.3 Å². The molecule has 1 aliphatic rings. The highest BCUT2D eigenvalue weighted by molar-refractivity contribution is 6.00. The lowest BCUT2D eigenvalue weighted by Gasteiger charge is -2.17. The highest BCUT2D eigenvalue weighted by atomic mass is 16.7. The van der Waals surface area contributed by atoms with E-state index in [1.165, 1.54) is 0 Å². The summed E-state index contributed by atoms with van der Waals surface area (Å²) < 4.78 is 27.3. The van der Waals surface area contributed by atoms with Gasteiger partial charge in [0, 0.05) is 11.1 Å². The normalized spacial score (nSPS) is 11.6. The molecule has 0 unspecified atom stereocenters. The molecule has 3 rings (SSSR count). The smallest absolute Gasteiger partial charge is 0.269 e. The number of hydrogen-bond acceptors (Lipinski definition) is 7. The molecule has 0 bridgehead atoms. The summed E-state index contributed by atoms with van der Waals surface area (Å²) in [6.07, 6.45) is 0. The van der Waals surface area contributed by atoms with E-state index in [1.807, 2.05) is 20.8 Å². The van der Waals surface area contributed by atoms with Crippen LogP contribution in [0.1, 0.15) is 41.5 Å². The zero-order valence-corrected chi connectivity index (χ0v) is 17.1. The predicted octanol–water partition coefficient (Wildman–Crippen LogP) is 2.69. The molecule has 2 amide bonds. The lowest BCUT2D eigenvalue weighted by Crippen LogP contribution is -2.41. The lowest BCUT2D eigenvalue weighted by molar-refractivity contribution is 0.0846. The minimum atomic E-state index is -0.533. The molecular formula is C21H24N2O7. The Morgan fingerprint density at radius 3 is 1.97 bits per heavy atom. The molecule has 9 nitrogen and oxygen atoms in total. The number of hydrazine groups is 1. The minimum absolute atomic E-state index is 0.110. The molecule has 160 valence electrons. The van der Waals surface area contributed by atoms with Crippen molar-refractivity contribution >= 4 is 11.8 Å². The summed E-state index contributed by atoms with van der Waals surface area (Å²) in [6, 6.07) is 7.83. The zero-order valence-electron chi connectivity index (χ0n) is 17.1. The van der Waals surface area contributed by atoms with Crippen molar-refractivity contribution in [1.82, 2.24) is 10.9 Å². The van der Waals surface area contributed by atoms with Crippen LogP contribution in [-0.2, 0) is 0 Å². The van der Waals surface area contributed by atoms with Crippen molar-refractivity contribution in [2.75, 3.05) is 26.6 Å². The Morgan fingerprint density at radius 2 is 1.37 bits per heavy atom. The van der Waals surface area contributed by atoms with Crippen LogP contribution in [-0.4, -0.2) is 38.4 Å².